The zero-order valence-corrected chi connectivity index (χ0v) is 12.6. The highest BCUT2D eigenvalue weighted by molar-refractivity contribution is 5.78. The molecule has 0 unspecified atom stereocenters. The van der Waals surface area contributed by atoms with Crippen molar-refractivity contribution in [1.29, 1.82) is 10.5 Å². The average molecular weight is 302 g/mol. The Morgan fingerprint density at radius 3 is 2.41 bits per heavy atom. The molecule has 0 bridgehead atoms. The van der Waals surface area contributed by atoms with Crippen LogP contribution in [0.5, 0.6) is 0 Å². The maximum absolute atomic E-state index is 13.1. The lowest BCUT2D eigenvalue weighted by atomic mass is 10.2. The van der Waals surface area contributed by atoms with Crippen molar-refractivity contribution in [1.82, 2.24) is 9.80 Å². The third-order valence-corrected chi connectivity index (χ3v) is 3.09. The summed E-state index contributed by atoms with van der Waals surface area (Å²) >= 11 is 0. The first-order chi connectivity index (χ1) is 10.6. The largest absolute Gasteiger partial charge is 0.340 e. The number of halogens is 1. The monoisotopic (exact) mass is 302 g/mol. The Bertz CT molecular complexity index is 558. The molecule has 0 aliphatic heterocycles. The van der Waals surface area contributed by atoms with Gasteiger partial charge in [0.2, 0.25) is 5.91 Å². The van der Waals surface area contributed by atoms with Crippen LogP contribution in [0, 0.1) is 28.5 Å². The van der Waals surface area contributed by atoms with E-state index in [2.05, 4.69) is 0 Å². The third-order valence-electron chi connectivity index (χ3n) is 3.09. The van der Waals surface area contributed by atoms with Crippen molar-refractivity contribution in [3.05, 3.63) is 35.6 Å². The van der Waals surface area contributed by atoms with Crippen molar-refractivity contribution < 1.29 is 9.18 Å². The second-order valence-corrected chi connectivity index (χ2v) is 5.00. The van der Waals surface area contributed by atoms with Gasteiger partial charge in [0.15, 0.2) is 0 Å². The molecule has 6 heteroatoms. The van der Waals surface area contributed by atoms with Gasteiger partial charge in [0, 0.05) is 19.6 Å². The molecule has 0 saturated heterocycles. The summed E-state index contributed by atoms with van der Waals surface area (Å²) in [6, 6.07) is 10.2. The molecule has 1 aromatic carbocycles. The summed E-state index contributed by atoms with van der Waals surface area (Å²) in [6.07, 6.45) is 0.482. The highest BCUT2D eigenvalue weighted by Crippen LogP contribution is 2.07. The molecule has 0 aliphatic carbocycles. The number of nitriles is 2. The topological polar surface area (TPSA) is 71.1 Å². The fourth-order valence-corrected chi connectivity index (χ4v) is 2.06. The lowest BCUT2D eigenvalue weighted by Gasteiger charge is -2.24. The van der Waals surface area contributed by atoms with Crippen LogP contribution in [0.4, 0.5) is 4.39 Å². The molecule has 0 saturated carbocycles. The van der Waals surface area contributed by atoms with Crippen molar-refractivity contribution in [2.24, 2.45) is 0 Å². The zero-order valence-electron chi connectivity index (χ0n) is 12.6. The van der Waals surface area contributed by atoms with Gasteiger partial charge >= 0.3 is 0 Å². The number of rotatable bonds is 8. The van der Waals surface area contributed by atoms with E-state index in [1.807, 2.05) is 12.1 Å². The minimum Gasteiger partial charge on any atom is -0.340 e. The van der Waals surface area contributed by atoms with Gasteiger partial charge in [-0.15, -0.1) is 0 Å². The van der Waals surface area contributed by atoms with E-state index in [1.54, 1.807) is 24.1 Å². The Morgan fingerprint density at radius 2 is 1.86 bits per heavy atom. The molecule has 0 aliphatic rings. The minimum absolute atomic E-state index is 0.135. The molecule has 0 radical (unpaired) electrons. The Hall–Kier alpha value is -2.44. The van der Waals surface area contributed by atoms with Crippen molar-refractivity contribution in [3.8, 4) is 12.1 Å². The van der Waals surface area contributed by atoms with E-state index in [-0.39, 0.29) is 31.1 Å². The van der Waals surface area contributed by atoms with Crippen LogP contribution in [0.25, 0.3) is 0 Å². The Kier molecular flexibility index (Phi) is 7.60. The molecular weight excluding hydrogens is 283 g/mol. The predicted octanol–water partition coefficient (Wildman–Crippen LogP) is 1.91. The summed E-state index contributed by atoms with van der Waals surface area (Å²) in [5.41, 5.74) is 0.788. The van der Waals surface area contributed by atoms with Crippen LogP contribution in [-0.2, 0) is 11.3 Å². The Balaban J connectivity index is 2.56. The number of hydrogen-bond donors (Lipinski definition) is 0. The summed E-state index contributed by atoms with van der Waals surface area (Å²) in [6.45, 7) is 1.26. The SMILES string of the molecule is CN(CC(=O)N(CCC#N)CCC#N)Cc1cccc(F)c1. The summed E-state index contributed by atoms with van der Waals surface area (Å²) < 4.78 is 13.1. The number of nitrogens with zero attached hydrogens (tertiary/aromatic N) is 4. The number of likely N-dealkylation sites (N-methyl/N-ethyl adjacent to an activating group) is 1. The van der Waals surface area contributed by atoms with Gasteiger partial charge in [-0.25, -0.2) is 4.39 Å². The first-order valence-corrected chi connectivity index (χ1v) is 7.01. The smallest absolute Gasteiger partial charge is 0.236 e. The fourth-order valence-electron chi connectivity index (χ4n) is 2.06. The zero-order chi connectivity index (χ0) is 16.4. The number of hydrogen-bond acceptors (Lipinski definition) is 4. The summed E-state index contributed by atoms with van der Waals surface area (Å²) in [7, 11) is 1.77. The number of amides is 1. The minimum atomic E-state index is -0.304. The van der Waals surface area contributed by atoms with Crippen LogP contribution in [0.1, 0.15) is 18.4 Å². The third kappa shape index (κ3) is 6.34. The first kappa shape index (κ1) is 17.6. The molecule has 0 atom stereocenters. The van der Waals surface area contributed by atoms with Gasteiger partial charge in [0.1, 0.15) is 5.82 Å². The molecule has 1 aromatic rings. The van der Waals surface area contributed by atoms with E-state index < -0.39 is 0 Å². The molecule has 22 heavy (non-hydrogen) atoms. The van der Waals surface area contributed by atoms with E-state index in [1.165, 1.54) is 17.0 Å². The second kappa shape index (κ2) is 9.49. The maximum Gasteiger partial charge on any atom is 0.236 e. The van der Waals surface area contributed by atoms with Crippen LogP contribution >= 0.6 is 0 Å². The van der Waals surface area contributed by atoms with Crippen LogP contribution in [0.3, 0.4) is 0 Å². The lowest BCUT2D eigenvalue weighted by molar-refractivity contribution is -0.132. The summed E-state index contributed by atoms with van der Waals surface area (Å²) in [4.78, 5) is 15.5. The van der Waals surface area contributed by atoms with Crippen LogP contribution < -0.4 is 0 Å². The molecule has 0 spiro atoms. The molecule has 0 heterocycles. The van der Waals surface area contributed by atoms with Crippen molar-refractivity contribution in [3.63, 3.8) is 0 Å². The van der Waals surface area contributed by atoms with E-state index in [0.717, 1.165) is 5.56 Å². The van der Waals surface area contributed by atoms with Crippen LogP contribution in [0.2, 0.25) is 0 Å². The number of carbonyl (C=O) groups is 1. The molecule has 0 N–H and O–H groups in total. The molecule has 1 amide bonds. The second-order valence-electron chi connectivity index (χ2n) is 5.00. The van der Waals surface area contributed by atoms with Crippen molar-refractivity contribution in [2.45, 2.75) is 19.4 Å². The van der Waals surface area contributed by atoms with Crippen molar-refractivity contribution in [2.75, 3.05) is 26.7 Å². The van der Waals surface area contributed by atoms with Crippen LogP contribution in [0.15, 0.2) is 24.3 Å². The predicted molar refractivity (Wildman–Crippen MR) is 79.8 cm³/mol. The van der Waals surface area contributed by atoms with Gasteiger partial charge in [-0.2, -0.15) is 10.5 Å². The number of carbonyl (C=O) groups excluding carboxylic acids is 1. The quantitative estimate of drug-likeness (QED) is 0.735. The fraction of sp³-hybridized carbons (Fsp3) is 0.438. The van der Waals surface area contributed by atoms with E-state index in [4.69, 9.17) is 10.5 Å². The molecule has 0 fully saturated rings. The summed E-state index contributed by atoms with van der Waals surface area (Å²) in [5.74, 6) is -0.439. The summed E-state index contributed by atoms with van der Waals surface area (Å²) in [5, 5.41) is 17.3. The first-order valence-electron chi connectivity index (χ1n) is 7.01. The molecule has 116 valence electrons. The van der Waals surface area contributed by atoms with Gasteiger partial charge < -0.3 is 4.90 Å². The van der Waals surface area contributed by atoms with Crippen LogP contribution in [-0.4, -0.2) is 42.4 Å². The molecule has 5 nitrogen and oxygen atoms in total. The number of benzene rings is 1. The highest BCUT2D eigenvalue weighted by atomic mass is 19.1. The molecule has 1 rings (SSSR count). The van der Waals surface area contributed by atoms with Gasteiger partial charge in [0.05, 0.1) is 31.5 Å². The lowest BCUT2D eigenvalue weighted by Crippen LogP contribution is -2.39. The van der Waals surface area contributed by atoms with E-state index >= 15 is 0 Å². The molecular formula is C16H19FN4O. The Labute approximate surface area is 130 Å². The van der Waals surface area contributed by atoms with Gasteiger partial charge in [-0.3, -0.25) is 9.69 Å². The van der Waals surface area contributed by atoms with Gasteiger partial charge in [0.25, 0.3) is 0 Å². The Morgan fingerprint density at radius 1 is 1.23 bits per heavy atom. The molecule has 0 aromatic heterocycles. The standard InChI is InChI=1S/C16H19FN4O/c1-20(12-14-5-2-6-15(17)11-14)13-16(22)21(9-3-7-18)10-4-8-19/h2,5-6,11H,3-4,9-10,12-13H2,1H3. The normalized spacial score (nSPS) is 10.0. The van der Waals surface area contributed by atoms with Crippen molar-refractivity contribution >= 4 is 5.91 Å². The van der Waals surface area contributed by atoms with Gasteiger partial charge in [-0.05, 0) is 24.7 Å². The maximum atomic E-state index is 13.1. The van der Waals surface area contributed by atoms with Gasteiger partial charge in [-0.1, -0.05) is 12.1 Å². The van der Waals surface area contributed by atoms with E-state index in [0.29, 0.717) is 19.6 Å². The van der Waals surface area contributed by atoms with E-state index in [9.17, 15) is 9.18 Å². The average Bonchev–Trinajstić information content (AvgIpc) is 2.47. The highest BCUT2D eigenvalue weighted by Gasteiger charge is 2.15.